The predicted octanol–water partition coefficient (Wildman–Crippen LogP) is 3.58. The van der Waals surface area contributed by atoms with Gasteiger partial charge >= 0.3 is 0 Å². The van der Waals surface area contributed by atoms with E-state index < -0.39 is 0 Å². The molecular formula is C24H30BrN7O2. The van der Waals surface area contributed by atoms with Crippen molar-refractivity contribution in [3.8, 4) is 0 Å². The Bertz CT molecular complexity index is 1160. The Morgan fingerprint density at radius 3 is 2.50 bits per heavy atom. The van der Waals surface area contributed by atoms with Gasteiger partial charge in [-0.05, 0) is 66.2 Å². The molecule has 0 spiro atoms. The summed E-state index contributed by atoms with van der Waals surface area (Å²) in [5, 5.41) is 15.5. The second kappa shape index (κ2) is 11.0. The molecule has 34 heavy (non-hydrogen) atoms. The summed E-state index contributed by atoms with van der Waals surface area (Å²) in [4.78, 5) is 26.2. The van der Waals surface area contributed by atoms with Gasteiger partial charge in [-0.2, -0.15) is 4.98 Å². The number of piperazine rings is 1. The van der Waals surface area contributed by atoms with E-state index >= 15 is 0 Å². The average molecular weight is 528 g/mol. The van der Waals surface area contributed by atoms with E-state index in [4.69, 9.17) is 5.11 Å². The van der Waals surface area contributed by atoms with E-state index in [1.54, 1.807) is 23.0 Å². The summed E-state index contributed by atoms with van der Waals surface area (Å²) in [5.41, 5.74) is 2.38. The topological polar surface area (TPSA) is 98.6 Å². The Morgan fingerprint density at radius 1 is 1.09 bits per heavy atom. The van der Waals surface area contributed by atoms with Gasteiger partial charge in [-0.3, -0.25) is 9.69 Å². The van der Waals surface area contributed by atoms with Gasteiger partial charge in [0.1, 0.15) is 5.69 Å². The molecule has 3 aromatic rings. The fourth-order valence-electron chi connectivity index (χ4n) is 3.91. The monoisotopic (exact) mass is 527 g/mol. The molecule has 0 amide bonds. The molecule has 1 saturated heterocycles. The molecule has 10 heteroatoms. The molecule has 1 aliphatic heterocycles. The number of anilines is 5. The standard InChI is InChI=1S/C24H30BrN7O2/c1-17(2)32-9-3-4-21(23(32)34)28-22-20(25)16-26-24(29-22)27-18-5-7-19(8-6-18)31-12-10-30(11-13-31)14-15-33/h3-9,16-17,33H,10-15H2,1-2H3,(H2,26,27,28,29). The number of nitrogens with one attached hydrogen (secondary N) is 2. The first-order valence-corrected chi connectivity index (χ1v) is 12.2. The Hall–Kier alpha value is -2.95. The lowest BCUT2D eigenvalue weighted by molar-refractivity contribution is 0.189. The lowest BCUT2D eigenvalue weighted by Gasteiger charge is -2.35. The van der Waals surface area contributed by atoms with Crippen molar-refractivity contribution in [3.05, 3.63) is 63.6 Å². The number of rotatable bonds is 8. The first kappa shape index (κ1) is 24.2. The van der Waals surface area contributed by atoms with Gasteiger partial charge in [0.2, 0.25) is 5.95 Å². The van der Waals surface area contributed by atoms with Crippen molar-refractivity contribution in [2.45, 2.75) is 19.9 Å². The van der Waals surface area contributed by atoms with E-state index in [0.717, 1.165) is 38.4 Å². The highest BCUT2D eigenvalue weighted by Crippen LogP contribution is 2.25. The maximum atomic E-state index is 12.7. The average Bonchev–Trinajstić information content (AvgIpc) is 2.83. The molecule has 1 aliphatic rings. The Balaban J connectivity index is 1.44. The minimum atomic E-state index is -0.106. The van der Waals surface area contributed by atoms with E-state index in [0.29, 0.717) is 21.9 Å². The molecule has 1 aromatic carbocycles. The number of hydrogen-bond donors (Lipinski definition) is 3. The van der Waals surface area contributed by atoms with Crippen LogP contribution in [0.2, 0.25) is 0 Å². The van der Waals surface area contributed by atoms with Crippen molar-refractivity contribution in [3.63, 3.8) is 0 Å². The van der Waals surface area contributed by atoms with E-state index in [2.05, 4.69) is 58.5 Å². The minimum Gasteiger partial charge on any atom is -0.395 e. The summed E-state index contributed by atoms with van der Waals surface area (Å²) in [6.07, 6.45) is 3.43. The van der Waals surface area contributed by atoms with Crippen LogP contribution in [0, 0.1) is 0 Å². The number of aromatic nitrogens is 3. The number of nitrogens with zero attached hydrogens (tertiary/aromatic N) is 5. The van der Waals surface area contributed by atoms with Gasteiger partial charge in [0.25, 0.3) is 5.56 Å². The molecule has 0 saturated carbocycles. The number of benzene rings is 1. The first-order valence-electron chi connectivity index (χ1n) is 11.4. The lowest BCUT2D eigenvalue weighted by Crippen LogP contribution is -2.47. The zero-order valence-electron chi connectivity index (χ0n) is 19.4. The summed E-state index contributed by atoms with van der Waals surface area (Å²) in [6.45, 7) is 8.66. The summed E-state index contributed by atoms with van der Waals surface area (Å²) in [7, 11) is 0. The summed E-state index contributed by atoms with van der Waals surface area (Å²) < 4.78 is 2.33. The van der Waals surface area contributed by atoms with Gasteiger partial charge in [0.15, 0.2) is 5.82 Å². The number of pyridine rings is 1. The molecule has 4 rings (SSSR count). The van der Waals surface area contributed by atoms with E-state index in [1.807, 2.05) is 32.0 Å². The second-order valence-corrected chi connectivity index (χ2v) is 9.32. The van der Waals surface area contributed by atoms with Gasteiger partial charge in [-0.25, -0.2) is 4.98 Å². The minimum absolute atomic E-state index is 0.0627. The summed E-state index contributed by atoms with van der Waals surface area (Å²) in [6, 6.07) is 11.8. The molecule has 0 unspecified atom stereocenters. The van der Waals surface area contributed by atoms with Crippen LogP contribution < -0.4 is 21.1 Å². The number of aliphatic hydroxyl groups excluding tert-OH is 1. The normalized spacial score (nSPS) is 14.4. The molecule has 180 valence electrons. The molecule has 3 heterocycles. The number of halogens is 1. The van der Waals surface area contributed by atoms with E-state index in [9.17, 15) is 4.79 Å². The third-order valence-corrected chi connectivity index (χ3v) is 6.39. The highest BCUT2D eigenvalue weighted by atomic mass is 79.9. The highest BCUT2D eigenvalue weighted by molar-refractivity contribution is 9.10. The molecule has 9 nitrogen and oxygen atoms in total. The fourth-order valence-corrected chi connectivity index (χ4v) is 4.20. The third-order valence-electron chi connectivity index (χ3n) is 5.81. The maximum absolute atomic E-state index is 12.7. The molecule has 0 aliphatic carbocycles. The third kappa shape index (κ3) is 5.75. The Morgan fingerprint density at radius 2 is 1.82 bits per heavy atom. The van der Waals surface area contributed by atoms with Crippen molar-refractivity contribution in [2.24, 2.45) is 0 Å². The van der Waals surface area contributed by atoms with Gasteiger partial charge in [-0.15, -0.1) is 0 Å². The summed E-state index contributed by atoms with van der Waals surface area (Å²) in [5.74, 6) is 0.935. The molecule has 0 bridgehead atoms. The van der Waals surface area contributed by atoms with Crippen LogP contribution in [-0.4, -0.2) is 63.9 Å². The Kier molecular flexibility index (Phi) is 7.81. The van der Waals surface area contributed by atoms with Crippen LogP contribution in [0.3, 0.4) is 0 Å². The van der Waals surface area contributed by atoms with Crippen molar-refractivity contribution < 1.29 is 5.11 Å². The number of aliphatic hydroxyl groups is 1. The van der Waals surface area contributed by atoms with Crippen LogP contribution in [0.5, 0.6) is 0 Å². The van der Waals surface area contributed by atoms with Crippen LogP contribution in [-0.2, 0) is 0 Å². The Labute approximate surface area is 207 Å². The lowest BCUT2D eigenvalue weighted by atomic mass is 10.2. The van der Waals surface area contributed by atoms with Crippen molar-refractivity contribution >= 4 is 44.8 Å². The molecule has 2 aromatic heterocycles. The van der Waals surface area contributed by atoms with Crippen LogP contribution >= 0.6 is 15.9 Å². The van der Waals surface area contributed by atoms with Crippen molar-refractivity contribution in [1.82, 2.24) is 19.4 Å². The molecular weight excluding hydrogens is 498 g/mol. The predicted molar refractivity (Wildman–Crippen MR) is 140 cm³/mol. The zero-order valence-corrected chi connectivity index (χ0v) is 21.0. The quantitative estimate of drug-likeness (QED) is 0.408. The van der Waals surface area contributed by atoms with E-state index in [1.165, 1.54) is 5.69 Å². The summed E-state index contributed by atoms with van der Waals surface area (Å²) >= 11 is 3.47. The van der Waals surface area contributed by atoms with Crippen LogP contribution in [0.25, 0.3) is 0 Å². The van der Waals surface area contributed by atoms with Crippen LogP contribution in [0.4, 0.5) is 28.8 Å². The molecule has 0 radical (unpaired) electrons. The van der Waals surface area contributed by atoms with Crippen molar-refractivity contribution in [2.75, 3.05) is 54.9 Å². The van der Waals surface area contributed by atoms with Gasteiger partial charge < -0.3 is 25.2 Å². The SMILES string of the molecule is CC(C)n1cccc(Nc2nc(Nc3ccc(N4CCN(CCO)CC4)cc3)ncc2Br)c1=O. The molecule has 1 fully saturated rings. The van der Waals surface area contributed by atoms with Crippen LogP contribution in [0.15, 0.2) is 58.1 Å². The van der Waals surface area contributed by atoms with Gasteiger partial charge in [0.05, 0.1) is 11.1 Å². The largest absolute Gasteiger partial charge is 0.395 e. The zero-order chi connectivity index (χ0) is 24.1. The smallest absolute Gasteiger partial charge is 0.274 e. The highest BCUT2D eigenvalue weighted by Gasteiger charge is 2.16. The first-order chi connectivity index (χ1) is 16.4. The number of hydrogen-bond acceptors (Lipinski definition) is 8. The number of β-amino-alcohol motifs (C(OH)–C–C–N with tert-alkyl or cyclic N) is 1. The van der Waals surface area contributed by atoms with E-state index in [-0.39, 0.29) is 18.2 Å². The van der Waals surface area contributed by atoms with Gasteiger partial charge in [0, 0.05) is 62.5 Å². The van der Waals surface area contributed by atoms with Crippen LogP contribution in [0.1, 0.15) is 19.9 Å². The molecule has 0 atom stereocenters. The maximum Gasteiger partial charge on any atom is 0.274 e. The fraction of sp³-hybridized carbons (Fsp3) is 0.375. The van der Waals surface area contributed by atoms with Gasteiger partial charge in [-0.1, -0.05) is 0 Å². The van der Waals surface area contributed by atoms with Crippen molar-refractivity contribution in [1.29, 1.82) is 0 Å². The second-order valence-electron chi connectivity index (χ2n) is 8.47. The molecule has 3 N–H and O–H groups in total.